The fourth-order valence-corrected chi connectivity index (χ4v) is 0.874. The number of alkyl halides is 1. The molecule has 0 aliphatic rings. The van der Waals surface area contributed by atoms with E-state index < -0.39 is 11.3 Å². The average Bonchev–Trinajstić information content (AvgIpc) is 2.11. The van der Waals surface area contributed by atoms with Gasteiger partial charge in [-0.1, -0.05) is 6.92 Å². The molecule has 0 aromatic heterocycles. The monoisotopic (exact) mass is 207 g/mol. The standard InChI is InChI=1S/C8H14ClNO3/c1-3-5(9)6(10)7(8(11)12)13-4-2/h5H,3-4,10H2,1-2H3,(H,11,12)/b7-6+. The Kier molecular flexibility index (Phi) is 5.30. The smallest absolute Gasteiger partial charge is 0.373 e. The maximum Gasteiger partial charge on any atom is 0.373 e. The van der Waals surface area contributed by atoms with Crippen LogP contribution in [0, 0.1) is 0 Å². The van der Waals surface area contributed by atoms with Gasteiger partial charge >= 0.3 is 5.97 Å². The van der Waals surface area contributed by atoms with E-state index >= 15 is 0 Å². The molecule has 0 rings (SSSR count). The minimum absolute atomic E-state index is 0.0820. The highest BCUT2D eigenvalue weighted by atomic mass is 35.5. The van der Waals surface area contributed by atoms with E-state index in [4.69, 9.17) is 27.2 Å². The van der Waals surface area contributed by atoms with Crippen molar-refractivity contribution in [1.82, 2.24) is 0 Å². The van der Waals surface area contributed by atoms with Crippen LogP contribution in [0.1, 0.15) is 20.3 Å². The molecule has 5 heteroatoms. The van der Waals surface area contributed by atoms with Gasteiger partial charge in [0.15, 0.2) is 0 Å². The number of allylic oxidation sites excluding steroid dienone is 1. The summed E-state index contributed by atoms with van der Waals surface area (Å²) in [4.78, 5) is 10.6. The second kappa shape index (κ2) is 5.70. The van der Waals surface area contributed by atoms with Crippen molar-refractivity contribution >= 4 is 17.6 Å². The molecule has 13 heavy (non-hydrogen) atoms. The summed E-state index contributed by atoms with van der Waals surface area (Å²) >= 11 is 5.76. The zero-order valence-electron chi connectivity index (χ0n) is 7.71. The van der Waals surface area contributed by atoms with E-state index in [-0.39, 0.29) is 18.1 Å². The van der Waals surface area contributed by atoms with Crippen LogP contribution in [-0.4, -0.2) is 23.1 Å². The lowest BCUT2D eigenvalue weighted by atomic mass is 10.2. The highest BCUT2D eigenvalue weighted by molar-refractivity contribution is 6.22. The Bertz CT molecular complexity index is 215. The van der Waals surface area contributed by atoms with Crippen molar-refractivity contribution in [3.05, 3.63) is 11.5 Å². The topological polar surface area (TPSA) is 72.5 Å². The molecule has 0 radical (unpaired) electrons. The van der Waals surface area contributed by atoms with Crippen LogP contribution in [-0.2, 0) is 9.53 Å². The Labute approximate surface area is 82.3 Å². The van der Waals surface area contributed by atoms with Gasteiger partial charge in [-0.25, -0.2) is 4.79 Å². The van der Waals surface area contributed by atoms with E-state index in [1.165, 1.54) is 0 Å². The Morgan fingerprint density at radius 1 is 1.62 bits per heavy atom. The van der Waals surface area contributed by atoms with Gasteiger partial charge in [-0.3, -0.25) is 0 Å². The molecule has 0 bridgehead atoms. The number of hydrogen-bond acceptors (Lipinski definition) is 3. The predicted molar refractivity (Wildman–Crippen MR) is 50.4 cm³/mol. The van der Waals surface area contributed by atoms with Gasteiger partial charge in [0.25, 0.3) is 0 Å². The van der Waals surface area contributed by atoms with E-state index in [0.717, 1.165) is 0 Å². The largest absolute Gasteiger partial charge is 0.486 e. The number of carbonyl (C=O) groups is 1. The van der Waals surface area contributed by atoms with Gasteiger partial charge in [0.05, 0.1) is 17.7 Å². The molecule has 0 aromatic rings. The number of aliphatic carboxylic acids is 1. The van der Waals surface area contributed by atoms with Gasteiger partial charge in [0, 0.05) is 0 Å². The van der Waals surface area contributed by atoms with Crippen LogP contribution in [0.15, 0.2) is 11.5 Å². The maximum absolute atomic E-state index is 10.6. The van der Waals surface area contributed by atoms with Gasteiger partial charge in [-0.05, 0) is 13.3 Å². The van der Waals surface area contributed by atoms with E-state index in [0.29, 0.717) is 6.42 Å². The number of carboxylic acids is 1. The molecule has 3 N–H and O–H groups in total. The van der Waals surface area contributed by atoms with E-state index in [9.17, 15) is 4.79 Å². The molecule has 76 valence electrons. The molecule has 0 heterocycles. The molecule has 0 fully saturated rings. The first-order valence-corrected chi connectivity index (χ1v) is 4.47. The van der Waals surface area contributed by atoms with Crippen molar-refractivity contribution in [2.75, 3.05) is 6.61 Å². The SMILES string of the molecule is CCO/C(C(=O)O)=C(/N)C(Cl)CC. The summed E-state index contributed by atoms with van der Waals surface area (Å²) in [6.45, 7) is 3.76. The van der Waals surface area contributed by atoms with Crippen LogP contribution < -0.4 is 5.73 Å². The zero-order valence-corrected chi connectivity index (χ0v) is 8.47. The molecule has 0 aromatic carbocycles. The molecule has 0 saturated heterocycles. The first-order chi connectivity index (χ1) is 6.04. The molecule has 0 saturated carbocycles. The highest BCUT2D eigenvalue weighted by Gasteiger charge is 2.18. The van der Waals surface area contributed by atoms with Crippen LogP contribution in [0.2, 0.25) is 0 Å². The number of ether oxygens (including phenoxy) is 1. The number of halogens is 1. The Hall–Kier alpha value is -0.900. The lowest BCUT2D eigenvalue weighted by molar-refractivity contribution is -0.136. The number of rotatable bonds is 5. The van der Waals surface area contributed by atoms with E-state index in [2.05, 4.69) is 0 Å². The van der Waals surface area contributed by atoms with E-state index in [1.54, 1.807) is 6.92 Å². The van der Waals surface area contributed by atoms with Crippen LogP contribution in [0.25, 0.3) is 0 Å². The van der Waals surface area contributed by atoms with Crippen LogP contribution in [0.3, 0.4) is 0 Å². The Morgan fingerprint density at radius 3 is 2.46 bits per heavy atom. The minimum Gasteiger partial charge on any atom is -0.486 e. The molecular weight excluding hydrogens is 194 g/mol. The third-order valence-corrected chi connectivity index (χ3v) is 1.98. The Morgan fingerprint density at radius 2 is 2.15 bits per heavy atom. The van der Waals surface area contributed by atoms with Crippen molar-refractivity contribution in [2.24, 2.45) is 5.73 Å². The molecule has 1 unspecified atom stereocenters. The van der Waals surface area contributed by atoms with Crippen LogP contribution in [0.5, 0.6) is 0 Å². The van der Waals surface area contributed by atoms with Crippen molar-refractivity contribution in [1.29, 1.82) is 0 Å². The molecule has 0 amide bonds. The number of carboxylic acid groups (broad SMARTS) is 1. The summed E-state index contributed by atoms with van der Waals surface area (Å²) in [5.41, 5.74) is 5.58. The molecular formula is C8H14ClNO3. The number of hydrogen-bond donors (Lipinski definition) is 2. The summed E-state index contributed by atoms with van der Waals surface area (Å²) in [5.74, 6) is -1.43. The van der Waals surface area contributed by atoms with Gasteiger partial charge in [0.2, 0.25) is 5.76 Å². The zero-order chi connectivity index (χ0) is 10.4. The van der Waals surface area contributed by atoms with Gasteiger partial charge in [-0.2, -0.15) is 0 Å². The van der Waals surface area contributed by atoms with Crippen molar-refractivity contribution in [3.8, 4) is 0 Å². The lowest BCUT2D eigenvalue weighted by Gasteiger charge is -2.11. The predicted octanol–water partition coefficient (Wildman–Crippen LogP) is 1.30. The first-order valence-electron chi connectivity index (χ1n) is 4.04. The molecule has 1 atom stereocenters. The highest BCUT2D eigenvalue weighted by Crippen LogP contribution is 2.14. The third kappa shape index (κ3) is 3.55. The second-order valence-corrected chi connectivity index (χ2v) is 2.93. The minimum atomic E-state index is -1.18. The summed E-state index contributed by atoms with van der Waals surface area (Å²) in [5, 5.41) is 8.21. The summed E-state index contributed by atoms with van der Waals surface area (Å²) < 4.78 is 4.86. The number of nitrogens with two attached hydrogens (primary N) is 1. The summed E-state index contributed by atoms with van der Waals surface area (Å²) in [7, 11) is 0. The fraction of sp³-hybridized carbons (Fsp3) is 0.625. The fourth-order valence-electron chi connectivity index (χ4n) is 0.775. The summed E-state index contributed by atoms with van der Waals surface area (Å²) in [6, 6.07) is 0. The van der Waals surface area contributed by atoms with E-state index in [1.807, 2.05) is 6.92 Å². The molecule has 0 aliphatic carbocycles. The van der Waals surface area contributed by atoms with Crippen LogP contribution >= 0.6 is 11.6 Å². The van der Waals surface area contributed by atoms with Gasteiger partial charge in [0.1, 0.15) is 0 Å². The average molecular weight is 208 g/mol. The lowest BCUT2D eigenvalue weighted by Crippen LogP contribution is -2.20. The first kappa shape index (κ1) is 12.1. The molecule has 0 aliphatic heterocycles. The summed E-state index contributed by atoms with van der Waals surface area (Å²) in [6.07, 6.45) is 0.567. The van der Waals surface area contributed by atoms with Crippen LogP contribution in [0.4, 0.5) is 0 Å². The normalized spacial score (nSPS) is 14.7. The quantitative estimate of drug-likeness (QED) is 0.405. The Balaban J connectivity index is 4.73. The van der Waals surface area contributed by atoms with Gasteiger partial charge in [-0.15, -0.1) is 11.6 Å². The van der Waals surface area contributed by atoms with Gasteiger partial charge < -0.3 is 15.6 Å². The maximum atomic E-state index is 10.6. The second-order valence-electron chi connectivity index (χ2n) is 2.40. The molecule has 0 spiro atoms. The van der Waals surface area contributed by atoms with Crippen molar-refractivity contribution in [3.63, 3.8) is 0 Å². The van der Waals surface area contributed by atoms with Crippen molar-refractivity contribution < 1.29 is 14.6 Å². The third-order valence-electron chi connectivity index (χ3n) is 1.44. The van der Waals surface area contributed by atoms with Crippen molar-refractivity contribution in [2.45, 2.75) is 25.6 Å². The molecule has 4 nitrogen and oxygen atoms in total.